The first-order valence-corrected chi connectivity index (χ1v) is 7.42. The van der Waals surface area contributed by atoms with Crippen molar-refractivity contribution < 1.29 is 4.79 Å². The Kier molecular flexibility index (Phi) is 4.66. The van der Waals surface area contributed by atoms with Gasteiger partial charge in [0.15, 0.2) is 0 Å². The zero-order valence-electron chi connectivity index (χ0n) is 12.3. The Hall–Kier alpha value is -1.13. The number of rotatable bonds is 2. The van der Waals surface area contributed by atoms with Crippen LogP contribution in [0.1, 0.15) is 44.1 Å². The van der Waals surface area contributed by atoms with Gasteiger partial charge in [0.25, 0.3) is 5.91 Å². The molecule has 2 rings (SSSR count). The second kappa shape index (κ2) is 6.10. The van der Waals surface area contributed by atoms with Gasteiger partial charge in [0.1, 0.15) is 10.8 Å². The number of nitrogens with zero attached hydrogens (tertiary/aromatic N) is 2. The van der Waals surface area contributed by atoms with Crippen molar-refractivity contribution in [3.8, 4) is 0 Å². The van der Waals surface area contributed by atoms with E-state index in [9.17, 15) is 4.79 Å². The van der Waals surface area contributed by atoms with Gasteiger partial charge in [0.05, 0.1) is 0 Å². The molecule has 1 amide bonds. The first kappa shape index (κ1) is 15.3. The molecule has 0 unspecified atom stereocenters. The van der Waals surface area contributed by atoms with Gasteiger partial charge in [-0.2, -0.15) is 0 Å². The molecule has 0 radical (unpaired) electrons. The molecule has 1 aromatic heterocycles. The van der Waals surface area contributed by atoms with E-state index in [2.05, 4.69) is 36.0 Å². The molecule has 2 heterocycles. The average Bonchev–Trinajstić information content (AvgIpc) is 2.38. The third-order valence-corrected chi connectivity index (χ3v) is 3.94. The Morgan fingerprint density at radius 3 is 2.55 bits per heavy atom. The Morgan fingerprint density at radius 1 is 1.35 bits per heavy atom. The number of carbonyl (C=O) groups excluding carboxylic acids is 1. The van der Waals surface area contributed by atoms with E-state index in [4.69, 9.17) is 11.6 Å². The smallest absolute Gasteiger partial charge is 0.270 e. The van der Waals surface area contributed by atoms with Crippen LogP contribution in [0.15, 0.2) is 18.2 Å². The standard InChI is InChI=1S/C15H22ClN3O/c1-15(2,3)19-9-7-11(8-10-19)17-14(20)12-5-4-6-13(16)18-12/h4-6,11H,7-10H2,1-3H3,(H,17,20). The minimum absolute atomic E-state index is 0.137. The van der Waals surface area contributed by atoms with Crippen LogP contribution < -0.4 is 5.32 Å². The van der Waals surface area contributed by atoms with Gasteiger partial charge in [-0.15, -0.1) is 0 Å². The fourth-order valence-corrected chi connectivity index (χ4v) is 2.65. The zero-order chi connectivity index (χ0) is 14.8. The van der Waals surface area contributed by atoms with Gasteiger partial charge in [-0.3, -0.25) is 9.69 Å². The lowest BCUT2D eigenvalue weighted by Crippen LogP contribution is -2.50. The predicted octanol–water partition coefficient (Wildman–Crippen LogP) is 2.73. The Bertz CT molecular complexity index is 476. The minimum Gasteiger partial charge on any atom is -0.348 e. The second-order valence-electron chi connectivity index (χ2n) is 6.25. The largest absolute Gasteiger partial charge is 0.348 e. The SMILES string of the molecule is CC(C)(C)N1CCC(NC(=O)c2cccc(Cl)n2)CC1. The number of amides is 1. The summed E-state index contributed by atoms with van der Waals surface area (Å²) in [5.41, 5.74) is 0.583. The van der Waals surface area contributed by atoms with Gasteiger partial charge in [0.2, 0.25) is 0 Å². The second-order valence-corrected chi connectivity index (χ2v) is 6.64. The lowest BCUT2D eigenvalue weighted by Gasteiger charge is -2.41. The van der Waals surface area contributed by atoms with Crippen LogP contribution in [0.5, 0.6) is 0 Å². The molecular weight excluding hydrogens is 274 g/mol. The Balaban J connectivity index is 1.88. The van der Waals surface area contributed by atoms with E-state index < -0.39 is 0 Å². The van der Waals surface area contributed by atoms with Gasteiger partial charge >= 0.3 is 0 Å². The zero-order valence-corrected chi connectivity index (χ0v) is 13.1. The third-order valence-electron chi connectivity index (χ3n) is 3.73. The van der Waals surface area contributed by atoms with Crippen molar-refractivity contribution in [1.82, 2.24) is 15.2 Å². The normalized spacial score (nSPS) is 18.0. The van der Waals surface area contributed by atoms with Gasteiger partial charge in [-0.05, 0) is 45.7 Å². The number of carbonyl (C=O) groups is 1. The van der Waals surface area contributed by atoms with Crippen molar-refractivity contribution in [3.63, 3.8) is 0 Å². The first-order chi connectivity index (χ1) is 9.36. The third kappa shape index (κ3) is 3.93. The molecule has 0 aliphatic carbocycles. The Labute approximate surface area is 125 Å². The van der Waals surface area contributed by atoms with Crippen molar-refractivity contribution in [1.29, 1.82) is 0 Å². The molecule has 0 aromatic carbocycles. The number of hydrogen-bond donors (Lipinski definition) is 1. The number of nitrogens with one attached hydrogen (secondary N) is 1. The number of aromatic nitrogens is 1. The summed E-state index contributed by atoms with van der Waals surface area (Å²) in [6.07, 6.45) is 1.95. The van der Waals surface area contributed by atoms with Crippen LogP contribution >= 0.6 is 11.6 Å². The van der Waals surface area contributed by atoms with E-state index in [1.54, 1.807) is 18.2 Å². The molecule has 20 heavy (non-hydrogen) atoms. The summed E-state index contributed by atoms with van der Waals surface area (Å²) in [5, 5.41) is 3.40. The monoisotopic (exact) mass is 295 g/mol. The summed E-state index contributed by atoms with van der Waals surface area (Å²) >= 11 is 5.80. The van der Waals surface area contributed by atoms with E-state index in [-0.39, 0.29) is 17.5 Å². The highest BCUT2D eigenvalue weighted by Crippen LogP contribution is 2.20. The maximum atomic E-state index is 12.1. The highest BCUT2D eigenvalue weighted by atomic mass is 35.5. The van der Waals surface area contributed by atoms with Gasteiger partial charge in [-0.1, -0.05) is 17.7 Å². The Morgan fingerprint density at radius 2 is 2.00 bits per heavy atom. The molecule has 1 saturated heterocycles. The first-order valence-electron chi connectivity index (χ1n) is 7.05. The van der Waals surface area contributed by atoms with E-state index in [0.29, 0.717) is 10.8 Å². The maximum absolute atomic E-state index is 12.1. The van der Waals surface area contributed by atoms with Crippen LogP contribution in [0.25, 0.3) is 0 Å². The molecule has 4 nitrogen and oxygen atoms in total. The number of piperidine rings is 1. The van der Waals surface area contributed by atoms with Crippen molar-refractivity contribution in [2.75, 3.05) is 13.1 Å². The van der Waals surface area contributed by atoms with Crippen LogP contribution in [0, 0.1) is 0 Å². The fourth-order valence-electron chi connectivity index (χ4n) is 2.49. The fraction of sp³-hybridized carbons (Fsp3) is 0.600. The number of likely N-dealkylation sites (tertiary alicyclic amines) is 1. The maximum Gasteiger partial charge on any atom is 0.270 e. The molecule has 0 atom stereocenters. The summed E-state index contributed by atoms with van der Waals surface area (Å²) in [4.78, 5) is 18.6. The predicted molar refractivity (Wildman–Crippen MR) is 81.1 cm³/mol. The highest BCUT2D eigenvalue weighted by molar-refractivity contribution is 6.29. The lowest BCUT2D eigenvalue weighted by atomic mass is 9.98. The van der Waals surface area contributed by atoms with Crippen LogP contribution in [0.3, 0.4) is 0 Å². The van der Waals surface area contributed by atoms with Crippen LogP contribution in [-0.4, -0.2) is 40.5 Å². The van der Waals surface area contributed by atoms with E-state index >= 15 is 0 Å². The highest BCUT2D eigenvalue weighted by Gasteiger charge is 2.27. The van der Waals surface area contributed by atoms with Crippen molar-refractivity contribution in [2.45, 2.75) is 45.2 Å². The van der Waals surface area contributed by atoms with Gasteiger partial charge in [-0.25, -0.2) is 4.98 Å². The summed E-state index contributed by atoms with van der Waals surface area (Å²) in [7, 11) is 0. The molecule has 1 aliphatic heterocycles. The molecule has 1 fully saturated rings. The average molecular weight is 296 g/mol. The molecule has 1 N–H and O–H groups in total. The summed E-state index contributed by atoms with van der Waals surface area (Å²) < 4.78 is 0. The summed E-state index contributed by atoms with van der Waals surface area (Å²) in [6.45, 7) is 8.69. The van der Waals surface area contributed by atoms with Crippen LogP contribution in [0.2, 0.25) is 5.15 Å². The van der Waals surface area contributed by atoms with Gasteiger partial charge < -0.3 is 5.32 Å². The summed E-state index contributed by atoms with van der Waals surface area (Å²) in [6, 6.07) is 5.32. The van der Waals surface area contributed by atoms with E-state index in [1.807, 2.05) is 0 Å². The quantitative estimate of drug-likeness (QED) is 0.853. The molecule has 110 valence electrons. The molecule has 0 spiro atoms. The minimum atomic E-state index is -0.137. The molecular formula is C15H22ClN3O. The molecule has 1 aliphatic rings. The molecule has 1 aromatic rings. The number of hydrogen-bond acceptors (Lipinski definition) is 3. The topological polar surface area (TPSA) is 45.2 Å². The summed E-state index contributed by atoms with van der Waals surface area (Å²) in [5.74, 6) is -0.137. The molecule has 5 heteroatoms. The van der Waals surface area contributed by atoms with Crippen molar-refractivity contribution in [3.05, 3.63) is 29.0 Å². The lowest BCUT2D eigenvalue weighted by molar-refractivity contribution is 0.0809. The molecule has 0 saturated carbocycles. The van der Waals surface area contributed by atoms with E-state index in [0.717, 1.165) is 25.9 Å². The van der Waals surface area contributed by atoms with E-state index in [1.165, 1.54) is 0 Å². The van der Waals surface area contributed by atoms with Crippen molar-refractivity contribution >= 4 is 17.5 Å². The van der Waals surface area contributed by atoms with Crippen molar-refractivity contribution in [2.24, 2.45) is 0 Å². The number of halogens is 1. The van der Waals surface area contributed by atoms with Crippen LogP contribution in [-0.2, 0) is 0 Å². The number of pyridine rings is 1. The van der Waals surface area contributed by atoms with Gasteiger partial charge in [0, 0.05) is 24.7 Å². The van der Waals surface area contributed by atoms with Crippen LogP contribution in [0.4, 0.5) is 0 Å². The molecule has 0 bridgehead atoms.